The highest BCUT2D eigenvalue weighted by molar-refractivity contribution is 6.07. The van der Waals surface area contributed by atoms with Crippen LogP contribution in [0.5, 0.6) is 0 Å². The van der Waals surface area contributed by atoms with Crippen molar-refractivity contribution in [3.05, 3.63) is 84.4 Å². The highest BCUT2D eigenvalue weighted by Gasteiger charge is 2.21. The molecule has 1 amide bonds. The molecule has 2 aromatic rings. The molecule has 8 heteroatoms. The quantitative estimate of drug-likeness (QED) is 0.198. The maximum atomic E-state index is 12.0. The Morgan fingerprint density at radius 2 is 1.89 bits per heavy atom. The van der Waals surface area contributed by atoms with Crippen molar-refractivity contribution in [2.45, 2.75) is 20.3 Å². The van der Waals surface area contributed by atoms with Crippen molar-refractivity contribution >= 4 is 28.5 Å². The van der Waals surface area contributed by atoms with E-state index in [-0.39, 0.29) is 24.5 Å². The number of amides is 1. The molecule has 4 rings (SSSR count). The van der Waals surface area contributed by atoms with Crippen LogP contribution in [0.25, 0.3) is 33.4 Å². The summed E-state index contributed by atoms with van der Waals surface area (Å²) < 4.78 is 8.40. The predicted molar refractivity (Wildman–Crippen MR) is 146 cm³/mol. The molecule has 1 heterocycles. The number of nitrogens with zero attached hydrogens (tertiary/aromatic N) is 2. The Morgan fingerprint density at radius 1 is 1.11 bits per heavy atom. The minimum absolute atomic E-state index is 0.100. The fraction of sp³-hybridized carbons (Fsp3) is 0.233. The molecule has 1 aliphatic heterocycles. The molecule has 0 spiro atoms. The first-order valence-corrected chi connectivity index (χ1v) is 12.6. The molecule has 38 heavy (non-hydrogen) atoms. The molecular weight excluding hydrogens is 482 g/mol. The van der Waals surface area contributed by atoms with Gasteiger partial charge in [-0.1, -0.05) is 24.3 Å². The van der Waals surface area contributed by atoms with Crippen LogP contribution < -0.4 is 25.4 Å². The van der Waals surface area contributed by atoms with Crippen molar-refractivity contribution < 1.29 is 24.0 Å². The average molecular weight is 514 g/mol. The molecule has 0 unspecified atom stereocenters. The Hall–Kier alpha value is -4.43. The Balaban J connectivity index is 1.96. The summed E-state index contributed by atoms with van der Waals surface area (Å²) in [5.74, 6) is -0.755. The third-order valence-electron chi connectivity index (χ3n) is 6.43. The van der Waals surface area contributed by atoms with Crippen LogP contribution in [0.2, 0.25) is 0 Å². The number of aromatic carboxylic acids is 1. The first-order chi connectivity index (χ1) is 18.4. The molecule has 196 valence electrons. The molecule has 0 saturated heterocycles. The van der Waals surface area contributed by atoms with Crippen LogP contribution in [-0.2, 0) is 9.63 Å². The zero-order chi connectivity index (χ0) is 27.2. The number of fused-ring (bicyclic) bond motifs is 2. The van der Waals surface area contributed by atoms with Crippen LogP contribution in [0.1, 0.15) is 30.6 Å². The summed E-state index contributed by atoms with van der Waals surface area (Å²) in [7, 11) is 1.59. The molecular formula is C30H31N3O5. The van der Waals surface area contributed by atoms with E-state index >= 15 is 0 Å². The van der Waals surface area contributed by atoms with Crippen molar-refractivity contribution in [3.63, 3.8) is 0 Å². The predicted octanol–water partition coefficient (Wildman–Crippen LogP) is 3.40. The number of carboxylic acid groups (broad SMARTS) is 1. The van der Waals surface area contributed by atoms with Crippen molar-refractivity contribution in [3.8, 4) is 22.5 Å². The second kappa shape index (κ2) is 11.7. The molecule has 0 fully saturated rings. The average Bonchev–Trinajstić information content (AvgIpc) is 2.94. The van der Waals surface area contributed by atoms with Gasteiger partial charge in [0.2, 0.25) is 11.3 Å². The smallest absolute Gasteiger partial charge is 0.222 e. The summed E-state index contributed by atoms with van der Waals surface area (Å²) in [6.07, 6.45) is 1.99. The minimum Gasteiger partial charge on any atom is -0.545 e. The first kappa shape index (κ1) is 26.6. The zero-order valence-corrected chi connectivity index (χ0v) is 21.8. The second-order valence-electron chi connectivity index (χ2n) is 8.59. The van der Waals surface area contributed by atoms with Crippen LogP contribution in [0.3, 0.4) is 0 Å². The van der Waals surface area contributed by atoms with Gasteiger partial charge in [-0.25, -0.2) is 0 Å². The SMILES string of the molecule is C=C[N+](CC)=c1ccc2c(-c3ccccc3C(=O)[O-])c3ccc(N(CC)OCCC(=O)NC)cc3oc-2c1. The van der Waals surface area contributed by atoms with Gasteiger partial charge in [-0.2, -0.15) is 4.58 Å². The standard InChI is InChI=1S/C30H31N3O5/c1-5-32(6-2)20-12-14-24-26(18-20)38-27-19-21(33(7-3)37-17-16-28(34)31-4)13-15-25(27)29(24)22-10-8-9-11-23(22)30(35)36/h5,8-15,18-19H,1,6-7,16-17H2,2-4H3,(H-,31,34,35,36). The number of nitrogens with one attached hydrogen (secondary N) is 1. The number of carbonyl (C=O) groups is 2. The third kappa shape index (κ3) is 5.31. The number of rotatable bonds is 10. The number of benzene rings is 3. The fourth-order valence-corrected chi connectivity index (χ4v) is 4.51. The number of hydrogen-bond donors (Lipinski definition) is 1. The summed E-state index contributed by atoms with van der Waals surface area (Å²) >= 11 is 0. The Kier molecular flexibility index (Phi) is 8.23. The topological polar surface area (TPSA) is 97.9 Å². The van der Waals surface area contributed by atoms with E-state index in [1.165, 1.54) is 0 Å². The van der Waals surface area contributed by atoms with Crippen molar-refractivity contribution in [1.29, 1.82) is 0 Å². The number of hydrogen-bond acceptors (Lipinski definition) is 6. The van der Waals surface area contributed by atoms with Crippen LogP contribution in [0.4, 0.5) is 5.69 Å². The van der Waals surface area contributed by atoms with E-state index in [9.17, 15) is 14.7 Å². The molecule has 8 nitrogen and oxygen atoms in total. The van der Waals surface area contributed by atoms with Crippen LogP contribution in [0.15, 0.2) is 77.9 Å². The largest absolute Gasteiger partial charge is 0.545 e. The fourth-order valence-electron chi connectivity index (χ4n) is 4.51. The summed E-state index contributed by atoms with van der Waals surface area (Å²) in [6, 6.07) is 18.3. The van der Waals surface area contributed by atoms with E-state index in [4.69, 9.17) is 9.25 Å². The van der Waals surface area contributed by atoms with Gasteiger partial charge in [0.15, 0.2) is 6.20 Å². The van der Waals surface area contributed by atoms with E-state index in [2.05, 4.69) is 11.9 Å². The van der Waals surface area contributed by atoms with Gasteiger partial charge in [-0.05, 0) is 44.2 Å². The lowest BCUT2D eigenvalue weighted by Crippen LogP contribution is -2.26. The number of hydroxylamine groups is 1. The van der Waals surface area contributed by atoms with Crippen LogP contribution in [0, 0.1) is 0 Å². The van der Waals surface area contributed by atoms with Gasteiger partial charge >= 0.3 is 0 Å². The summed E-state index contributed by atoms with van der Waals surface area (Å²) in [6.45, 7) is 9.37. The van der Waals surface area contributed by atoms with Crippen LogP contribution >= 0.6 is 0 Å². The van der Waals surface area contributed by atoms with Crippen molar-refractivity contribution in [2.75, 3.05) is 31.8 Å². The molecule has 2 aliphatic rings. The van der Waals surface area contributed by atoms with Crippen molar-refractivity contribution in [2.24, 2.45) is 0 Å². The van der Waals surface area contributed by atoms with Gasteiger partial charge in [0, 0.05) is 47.8 Å². The molecule has 0 bridgehead atoms. The lowest BCUT2D eigenvalue weighted by molar-refractivity contribution is -0.254. The second-order valence-corrected chi connectivity index (χ2v) is 8.59. The van der Waals surface area contributed by atoms with Gasteiger partial charge in [0.05, 0.1) is 30.8 Å². The van der Waals surface area contributed by atoms with Gasteiger partial charge in [-0.15, -0.1) is 0 Å². The van der Waals surface area contributed by atoms with E-state index in [1.54, 1.807) is 36.5 Å². The summed E-state index contributed by atoms with van der Waals surface area (Å²) in [5.41, 5.74) is 3.47. The molecule has 1 aliphatic carbocycles. The summed E-state index contributed by atoms with van der Waals surface area (Å²) in [4.78, 5) is 29.5. The normalized spacial score (nSPS) is 11.9. The molecule has 0 saturated carbocycles. The third-order valence-corrected chi connectivity index (χ3v) is 6.43. The maximum Gasteiger partial charge on any atom is 0.222 e. The van der Waals surface area contributed by atoms with E-state index in [0.29, 0.717) is 23.5 Å². The Labute approximate surface area is 221 Å². The Morgan fingerprint density at radius 3 is 2.58 bits per heavy atom. The van der Waals surface area contributed by atoms with Gasteiger partial charge in [0.1, 0.15) is 17.9 Å². The monoisotopic (exact) mass is 513 g/mol. The maximum absolute atomic E-state index is 12.0. The Bertz CT molecular complexity index is 1540. The lowest BCUT2D eigenvalue weighted by atomic mass is 9.90. The highest BCUT2D eigenvalue weighted by Crippen LogP contribution is 2.41. The molecule has 0 atom stereocenters. The highest BCUT2D eigenvalue weighted by atomic mass is 16.7. The molecule has 0 radical (unpaired) electrons. The van der Waals surface area contributed by atoms with Crippen LogP contribution in [-0.4, -0.2) is 38.6 Å². The van der Waals surface area contributed by atoms with Gasteiger partial charge < -0.3 is 19.6 Å². The van der Waals surface area contributed by atoms with Gasteiger partial charge in [0.25, 0.3) is 0 Å². The van der Waals surface area contributed by atoms with Gasteiger partial charge in [-0.3, -0.25) is 14.7 Å². The molecule has 0 aromatic heterocycles. The number of carboxylic acids is 1. The lowest BCUT2D eigenvalue weighted by Gasteiger charge is -2.23. The summed E-state index contributed by atoms with van der Waals surface area (Å²) in [5, 5.41) is 18.0. The minimum atomic E-state index is -1.25. The van der Waals surface area contributed by atoms with E-state index in [1.807, 2.05) is 60.9 Å². The van der Waals surface area contributed by atoms with Crippen molar-refractivity contribution in [1.82, 2.24) is 9.89 Å². The number of carbonyl (C=O) groups excluding carboxylic acids is 2. The zero-order valence-electron chi connectivity index (χ0n) is 21.8. The molecule has 2 aromatic carbocycles. The van der Waals surface area contributed by atoms with E-state index in [0.717, 1.165) is 34.1 Å². The van der Waals surface area contributed by atoms with E-state index < -0.39 is 5.97 Å². The first-order valence-electron chi connectivity index (χ1n) is 12.6. The molecule has 1 N–H and O–H groups in total. The number of anilines is 1.